The van der Waals surface area contributed by atoms with Crippen molar-refractivity contribution in [1.82, 2.24) is 0 Å². The van der Waals surface area contributed by atoms with Crippen LogP contribution >= 0.6 is 0 Å². The van der Waals surface area contributed by atoms with Gasteiger partial charge in [-0.3, -0.25) is 4.84 Å². The highest BCUT2D eigenvalue weighted by Gasteiger charge is 2.15. The van der Waals surface area contributed by atoms with Gasteiger partial charge in [0.25, 0.3) is 0 Å². The minimum absolute atomic E-state index is 0.578. The molecule has 132 valence electrons. The third-order valence-corrected chi connectivity index (χ3v) is 3.07. The lowest BCUT2D eigenvalue weighted by molar-refractivity contribution is -2.00. The summed E-state index contributed by atoms with van der Waals surface area (Å²) in [6.45, 7) is 4.70. The summed E-state index contributed by atoms with van der Waals surface area (Å²) in [6, 6.07) is 14.4. The van der Waals surface area contributed by atoms with Crippen molar-refractivity contribution in [3.63, 3.8) is 0 Å². The summed E-state index contributed by atoms with van der Waals surface area (Å²) in [5, 5.41) is 0. The van der Waals surface area contributed by atoms with Gasteiger partial charge in [-0.25, -0.2) is 18.6 Å². The van der Waals surface area contributed by atoms with E-state index < -0.39 is 10.2 Å². The van der Waals surface area contributed by atoms with Gasteiger partial charge in [-0.1, -0.05) is 30.3 Å². The molecule has 0 spiro atoms. The molecule has 24 heavy (non-hydrogen) atoms. The van der Waals surface area contributed by atoms with Gasteiger partial charge in [0.2, 0.25) is 11.4 Å². The first kappa shape index (κ1) is 20.1. The molecule has 7 nitrogen and oxygen atoms in total. The number of aromatic nitrogens is 1. The number of aryl methyl sites for hydroxylation is 2. The van der Waals surface area contributed by atoms with E-state index in [0.29, 0.717) is 6.61 Å². The molecular formula is C16H21ClN2O5. The molecule has 0 aliphatic rings. The topological polar surface area (TPSA) is 109 Å². The van der Waals surface area contributed by atoms with Gasteiger partial charge in [0, 0.05) is 50.5 Å². The number of halogens is 1. The highest BCUT2D eigenvalue weighted by molar-refractivity contribution is 5.44. The van der Waals surface area contributed by atoms with Crippen LogP contribution in [0, 0.1) is 24.1 Å². The summed E-state index contributed by atoms with van der Waals surface area (Å²) >= 11 is 0. The van der Waals surface area contributed by atoms with E-state index in [4.69, 9.17) is 23.5 Å². The maximum Gasteiger partial charge on any atom is 0.233 e. The van der Waals surface area contributed by atoms with Gasteiger partial charge in [0.15, 0.2) is 6.61 Å². The van der Waals surface area contributed by atoms with Crippen LogP contribution in [0.2, 0.25) is 0 Å². The summed E-state index contributed by atoms with van der Waals surface area (Å²) in [5.74, 6) is 0. The largest absolute Gasteiger partial charge is 0.377 e. The molecule has 0 aliphatic heterocycles. The molecule has 0 fully saturated rings. The normalized spacial score (nSPS) is 10.7. The van der Waals surface area contributed by atoms with Crippen LogP contribution in [0.1, 0.15) is 17.0 Å². The van der Waals surface area contributed by atoms with Crippen LogP contribution in [-0.4, -0.2) is 14.1 Å². The van der Waals surface area contributed by atoms with Crippen LogP contribution in [0.4, 0.5) is 5.69 Å². The molecule has 0 saturated heterocycles. The third kappa shape index (κ3) is 7.58. The Morgan fingerprint density at radius 3 is 1.83 bits per heavy atom. The monoisotopic (exact) mass is 356 g/mol. The van der Waals surface area contributed by atoms with Gasteiger partial charge in [-0.15, -0.1) is 10.2 Å². The maximum absolute atomic E-state index is 8.49. The Hall–Kier alpha value is -1.90. The molecule has 8 heteroatoms. The zero-order valence-corrected chi connectivity index (χ0v) is 14.8. The quantitative estimate of drug-likeness (QED) is 0.562. The summed E-state index contributed by atoms with van der Waals surface area (Å²) < 4.78 is 35.9. The molecule has 1 aromatic heterocycles. The third-order valence-electron chi connectivity index (χ3n) is 3.07. The summed E-state index contributed by atoms with van der Waals surface area (Å²) in [5.41, 5.74) is 4.55. The van der Waals surface area contributed by atoms with Gasteiger partial charge in [0.05, 0.1) is 0 Å². The second-order valence-corrected chi connectivity index (χ2v) is 6.08. The Morgan fingerprint density at radius 1 is 0.958 bits per heavy atom. The zero-order chi connectivity index (χ0) is 18.3. The lowest BCUT2D eigenvalue weighted by Gasteiger charge is -2.17. The van der Waals surface area contributed by atoms with Crippen molar-refractivity contribution >= 4 is 5.69 Å². The van der Waals surface area contributed by atoms with E-state index in [-0.39, 0.29) is 0 Å². The lowest BCUT2D eigenvalue weighted by atomic mass is 10.2. The summed E-state index contributed by atoms with van der Waals surface area (Å²) in [7, 11) is -0.854. The Morgan fingerprint density at radius 2 is 1.42 bits per heavy atom. The van der Waals surface area contributed by atoms with E-state index in [9.17, 15) is 0 Å². The number of nitrogens with zero attached hydrogens (tertiary/aromatic N) is 2. The Bertz CT molecular complexity index is 616. The number of pyridine rings is 1. The van der Waals surface area contributed by atoms with Crippen molar-refractivity contribution in [1.29, 1.82) is 0 Å². The Kier molecular flexibility index (Phi) is 7.40. The first-order valence-corrected chi connectivity index (χ1v) is 8.31. The van der Waals surface area contributed by atoms with Gasteiger partial charge in [0.1, 0.15) is 0 Å². The number of benzene rings is 1. The van der Waals surface area contributed by atoms with Crippen LogP contribution in [0.15, 0.2) is 42.5 Å². The van der Waals surface area contributed by atoms with Crippen molar-refractivity contribution in [2.45, 2.75) is 20.5 Å². The van der Waals surface area contributed by atoms with Crippen LogP contribution in [0.25, 0.3) is 0 Å². The molecule has 1 aromatic carbocycles. The van der Waals surface area contributed by atoms with Crippen LogP contribution in [-0.2, 0) is 6.61 Å². The van der Waals surface area contributed by atoms with Gasteiger partial charge in [-0.05, 0) is 5.56 Å². The highest BCUT2D eigenvalue weighted by Crippen LogP contribution is 2.12. The molecule has 0 radical (unpaired) electrons. The smallest absolute Gasteiger partial charge is 0.233 e. The minimum atomic E-state index is -4.94. The first-order chi connectivity index (χ1) is 11.1. The predicted octanol–water partition coefficient (Wildman–Crippen LogP) is -2.47. The standard InChI is InChI=1S/C16H21N2O.ClHO4/c1-13-10-16(17(3)4)11-14(2)18(13)19-12-15-8-6-5-7-9-15;2-1(3,4)5/h5-11H,12H2,1-4H3;(H,2,3,4,5)/q+1;/p-1. The van der Waals surface area contributed by atoms with E-state index in [2.05, 4.69) is 43.0 Å². The molecule has 0 atom stereocenters. The van der Waals surface area contributed by atoms with Crippen molar-refractivity contribution in [3.05, 3.63) is 59.4 Å². The van der Waals surface area contributed by atoms with E-state index >= 15 is 0 Å². The molecule has 0 N–H and O–H groups in total. The molecule has 2 rings (SSSR count). The molecule has 2 aromatic rings. The molecular weight excluding hydrogens is 336 g/mol. The van der Waals surface area contributed by atoms with E-state index in [0.717, 1.165) is 11.4 Å². The van der Waals surface area contributed by atoms with E-state index in [1.165, 1.54) is 11.3 Å². The van der Waals surface area contributed by atoms with Crippen LogP contribution in [0.5, 0.6) is 0 Å². The molecule has 0 aliphatic carbocycles. The second kappa shape index (κ2) is 8.81. The van der Waals surface area contributed by atoms with Gasteiger partial charge >= 0.3 is 0 Å². The number of hydrogen-bond donors (Lipinski definition) is 0. The highest BCUT2D eigenvalue weighted by atomic mass is 35.7. The zero-order valence-electron chi connectivity index (χ0n) is 14.1. The van der Waals surface area contributed by atoms with Crippen LogP contribution in [0.3, 0.4) is 0 Å². The first-order valence-electron chi connectivity index (χ1n) is 7.07. The van der Waals surface area contributed by atoms with Crippen molar-refractivity contribution in [2.24, 2.45) is 0 Å². The van der Waals surface area contributed by atoms with Gasteiger partial charge in [-0.2, -0.15) is 0 Å². The van der Waals surface area contributed by atoms with Gasteiger partial charge < -0.3 is 4.90 Å². The minimum Gasteiger partial charge on any atom is -0.377 e. The van der Waals surface area contributed by atoms with E-state index in [1.54, 1.807) is 0 Å². The Labute approximate surface area is 143 Å². The fraction of sp³-hybridized carbons (Fsp3) is 0.312. The average Bonchev–Trinajstić information content (AvgIpc) is 2.45. The maximum atomic E-state index is 8.49. The fourth-order valence-corrected chi connectivity index (χ4v) is 2.04. The summed E-state index contributed by atoms with van der Waals surface area (Å²) in [4.78, 5) is 7.99. The van der Waals surface area contributed by atoms with Crippen LogP contribution < -0.4 is 33.1 Å². The van der Waals surface area contributed by atoms with Crippen molar-refractivity contribution < 1.29 is 38.4 Å². The Balaban J connectivity index is 0.000000505. The molecule has 0 unspecified atom stereocenters. The van der Waals surface area contributed by atoms with Crippen molar-refractivity contribution in [3.8, 4) is 0 Å². The molecule has 1 heterocycles. The average molecular weight is 357 g/mol. The van der Waals surface area contributed by atoms with E-state index in [1.807, 2.05) is 37.0 Å². The molecule has 0 saturated carbocycles. The summed E-state index contributed by atoms with van der Waals surface area (Å²) in [6.07, 6.45) is 0. The molecule has 0 amide bonds. The van der Waals surface area contributed by atoms with Crippen molar-refractivity contribution in [2.75, 3.05) is 19.0 Å². The molecule has 0 bridgehead atoms. The number of anilines is 1. The number of rotatable bonds is 4. The fourth-order valence-electron chi connectivity index (χ4n) is 2.04. The second-order valence-electron chi connectivity index (χ2n) is 5.32. The lowest BCUT2D eigenvalue weighted by Crippen LogP contribution is -2.68. The predicted molar refractivity (Wildman–Crippen MR) is 77.2 cm³/mol. The SMILES string of the molecule is Cc1cc(N(C)C)cc(C)[n+]1OCc1ccccc1.[O-][Cl+3]([O-])([O-])[O-]. The number of hydrogen-bond acceptors (Lipinski definition) is 6.